The van der Waals surface area contributed by atoms with Crippen LogP contribution in [0.3, 0.4) is 0 Å². The van der Waals surface area contributed by atoms with Gasteiger partial charge in [-0.2, -0.15) is 0 Å². The predicted molar refractivity (Wildman–Crippen MR) is 101 cm³/mol. The van der Waals surface area contributed by atoms with Gasteiger partial charge in [-0.1, -0.05) is 12.1 Å². The number of hydrogen-bond acceptors (Lipinski definition) is 4. The molecular weight excluding hydrogens is 342 g/mol. The fourth-order valence-electron chi connectivity index (χ4n) is 3.79. The lowest BCUT2D eigenvalue weighted by molar-refractivity contribution is 0.0627. The average Bonchev–Trinajstić information content (AvgIpc) is 3.42. The number of carbonyl (C=O) groups is 2. The molecule has 0 N–H and O–H groups in total. The Morgan fingerprint density at radius 2 is 1.41 bits per heavy atom. The second-order valence-electron chi connectivity index (χ2n) is 7.28. The van der Waals surface area contributed by atoms with Gasteiger partial charge < -0.3 is 14.2 Å². The Labute approximate surface area is 159 Å². The van der Waals surface area contributed by atoms with Crippen molar-refractivity contribution in [3.8, 4) is 0 Å². The Bertz CT molecular complexity index is 772. The Kier molecular flexibility index (Phi) is 5.25. The van der Waals surface area contributed by atoms with Crippen molar-refractivity contribution in [2.24, 2.45) is 0 Å². The van der Waals surface area contributed by atoms with Crippen LogP contribution in [-0.2, 0) is 6.54 Å². The number of amides is 2. The van der Waals surface area contributed by atoms with E-state index in [9.17, 15) is 9.59 Å². The fourth-order valence-corrected chi connectivity index (χ4v) is 3.79. The van der Waals surface area contributed by atoms with Gasteiger partial charge in [-0.3, -0.25) is 14.5 Å². The molecule has 0 aliphatic carbocycles. The van der Waals surface area contributed by atoms with Gasteiger partial charge in [0, 0.05) is 51.4 Å². The lowest BCUT2D eigenvalue weighted by atomic mass is 10.1. The normalized spacial score (nSPS) is 18.1. The van der Waals surface area contributed by atoms with Crippen LogP contribution in [0.4, 0.5) is 0 Å². The summed E-state index contributed by atoms with van der Waals surface area (Å²) in [6.07, 6.45) is 5.25. The van der Waals surface area contributed by atoms with E-state index < -0.39 is 0 Å². The molecule has 0 unspecified atom stereocenters. The maximum Gasteiger partial charge on any atom is 0.257 e. The highest BCUT2D eigenvalue weighted by Crippen LogP contribution is 2.16. The molecule has 2 amide bonds. The summed E-state index contributed by atoms with van der Waals surface area (Å²) in [7, 11) is 0. The summed E-state index contributed by atoms with van der Waals surface area (Å²) in [5.74, 6) is 0.179. The monoisotopic (exact) mass is 367 g/mol. The smallest absolute Gasteiger partial charge is 0.257 e. The van der Waals surface area contributed by atoms with E-state index in [1.807, 2.05) is 34.1 Å². The summed E-state index contributed by atoms with van der Waals surface area (Å²) in [4.78, 5) is 30.9. The van der Waals surface area contributed by atoms with Gasteiger partial charge >= 0.3 is 0 Å². The largest absolute Gasteiger partial charge is 0.472 e. The van der Waals surface area contributed by atoms with E-state index in [0.29, 0.717) is 5.56 Å². The van der Waals surface area contributed by atoms with Crippen LogP contribution >= 0.6 is 0 Å². The molecule has 27 heavy (non-hydrogen) atoms. The molecular formula is C21H25N3O3. The minimum atomic E-state index is 0.0354. The highest BCUT2D eigenvalue weighted by atomic mass is 16.3. The van der Waals surface area contributed by atoms with E-state index in [4.69, 9.17) is 4.42 Å². The zero-order valence-corrected chi connectivity index (χ0v) is 15.5. The van der Waals surface area contributed by atoms with Crippen molar-refractivity contribution < 1.29 is 14.0 Å². The number of hydrogen-bond donors (Lipinski definition) is 0. The number of carbonyl (C=O) groups excluding carboxylic acids is 2. The van der Waals surface area contributed by atoms with Crippen molar-refractivity contribution in [1.29, 1.82) is 0 Å². The number of benzene rings is 1. The van der Waals surface area contributed by atoms with Crippen LogP contribution in [0, 0.1) is 0 Å². The summed E-state index contributed by atoms with van der Waals surface area (Å²) >= 11 is 0. The number of nitrogens with zero attached hydrogens (tertiary/aromatic N) is 3. The second-order valence-corrected chi connectivity index (χ2v) is 7.28. The molecule has 6 heteroatoms. The van der Waals surface area contributed by atoms with Crippen LogP contribution in [-0.4, -0.2) is 65.8 Å². The zero-order chi connectivity index (χ0) is 18.6. The first-order valence-electron chi connectivity index (χ1n) is 9.63. The van der Waals surface area contributed by atoms with Crippen molar-refractivity contribution in [1.82, 2.24) is 14.7 Å². The van der Waals surface area contributed by atoms with Gasteiger partial charge in [-0.25, -0.2) is 0 Å². The Morgan fingerprint density at radius 1 is 0.778 bits per heavy atom. The summed E-state index contributed by atoms with van der Waals surface area (Å²) in [5.41, 5.74) is 2.58. The predicted octanol–water partition coefficient (Wildman–Crippen LogP) is 2.47. The van der Waals surface area contributed by atoms with E-state index in [1.165, 1.54) is 18.1 Å². The van der Waals surface area contributed by atoms with Crippen LogP contribution in [0.25, 0.3) is 0 Å². The highest BCUT2D eigenvalue weighted by Gasteiger charge is 2.23. The van der Waals surface area contributed by atoms with Crippen LogP contribution in [0.1, 0.15) is 39.1 Å². The molecule has 3 heterocycles. The summed E-state index contributed by atoms with van der Waals surface area (Å²) in [5, 5.41) is 0. The minimum Gasteiger partial charge on any atom is -0.472 e. The standard InChI is InChI=1S/C21H25N3O3/c25-20(23-8-1-2-9-23)18-5-3-17(4-6-18)15-22-10-12-24(13-11-22)21(26)19-7-14-27-16-19/h3-7,14,16H,1-2,8-13,15H2. The Morgan fingerprint density at radius 3 is 2.04 bits per heavy atom. The van der Waals surface area contributed by atoms with Gasteiger partial charge in [0.1, 0.15) is 6.26 Å². The molecule has 0 bridgehead atoms. The third-order valence-corrected chi connectivity index (χ3v) is 5.43. The molecule has 2 aliphatic heterocycles. The van der Waals surface area contributed by atoms with E-state index in [-0.39, 0.29) is 11.8 Å². The third kappa shape index (κ3) is 4.06. The first-order valence-corrected chi connectivity index (χ1v) is 9.63. The first-order chi connectivity index (χ1) is 13.2. The molecule has 4 rings (SSSR count). The fraction of sp³-hybridized carbons (Fsp3) is 0.429. The SMILES string of the molecule is O=C(c1ccc(CN2CCN(C(=O)c3ccoc3)CC2)cc1)N1CCCC1. The van der Waals surface area contributed by atoms with Crippen molar-refractivity contribution in [2.45, 2.75) is 19.4 Å². The molecule has 0 radical (unpaired) electrons. The topological polar surface area (TPSA) is 57.0 Å². The number of piperazine rings is 1. The lowest BCUT2D eigenvalue weighted by Crippen LogP contribution is -2.48. The minimum absolute atomic E-state index is 0.0354. The van der Waals surface area contributed by atoms with Gasteiger partial charge in [0.15, 0.2) is 0 Å². The highest BCUT2D eigenvalue weighted by molar-refractivity contribution is 5.94. The Hall–Kier alpha value is -2.60. The Balaban J connectivity index is 1.29. The summed E-state index contributed by atoms with van der Waals surface area (Å²) in [6, 6.07) is 9.68. The number of likely N-dealkylation sites (tertiary alicyclic amines) is 1. The molecule has 142 valence electrons. The molecule has 2 aliphatic rings. The van der Waals surface area contributed by atoms with Crippen LogP contribution in [0.2, 0.25) is 0 Å². The maximum absolute atomic E-state index is 12.4. The molecule has 0 spiro atoms. The maximum atomic E-state index is 12.4. The summed E-state index contributed by atoms with van der Waals surface area (Å²) in [6.45, 7) is 5.72. The zero-order valence-electron chi connectivity index (χ0n) is 15.5. The quantitative estimate of drug-likeness (QED) is 0.833. The molecule has 1 aromatic carbocycles. The van der Waals surface area contributed by atoms with Gasteiger partial charge in [0.25, 0.3) is 11.8 Å². The molecule has 0 saturated carbocycles. The lowest BCUT2D eigenvalue weighted by Gasteiger charge is -2.34. The molecule has 1 aromatic heterocycles. The summed E-state index contributed by atoms with van der Waals surface area (Å²) < 4.78 is 5.00. The molecule has 2 fully saturated rings. The van der Waals surface area contributed by atoms with Crippen molar-refractivity contribution in [3.05, 3.63) is 59.5 Å². The molecule has 0 atom stereocenters. The van der Waals surface area contributed by atoms with Crippen LogP contribution in [0.5, 0.6) is 0 Å². The van der Waals surface area contributed by atoms with Gasteiger partial charge in [-0.15, -0.1) is 0 Å². The first kappa shape index (κ1) is 17.8. The van der Waals surface area contributed by atoms with Gasteiger partial charge in [-0.05, 0) is 36.6 Å². The molecule has 6 nitrogen and oxygen atoms in total. The van der Waals surface area contributed by atoms with Gasteiger partial charge in [0.2, 0.25) is 0 Å². The number of rotatable bonds is 4. The van der Waals surface area contributed by atoms with Crippen LogP contribution in [0.15, 0.2) is 47.3 Å². The van der Waals surface area contributed by atoms with Gasteiger partial charge in [0.05, 0.1) is 11.8 Å². The van der Waals surface area contributed by atoms with E-state index in [0.717, 1.165) is 64.2 Å². The molecule has 2 aromatic rings. The van der Waals surface area contributed by atoms with E-state index in [1.54, 1.807) is 6.07 Å². The number of furan rings is 1. The third-order valence-electron chi connectivity index (χ3n) is 5.43. The second kappa shape index (κ2) is 7.96. The molecule has 2 saturated heterocycles. The van der Waals surface area contributed by atoms with Crippen molar-refractivity contribution >= 4 is 11.8 Å². The van der Waals surface area contributed by atoms with E-state index in [2.05, 4.69) is 4.90 Å². The van der Waals surface area contributed by atoms with Crippen molar-refractivity contribution in [2.75, 3.05) is 39.3 Å². The van der Waals surface area contributed by atoms with Crippen molar-refractivity contribution in [3.63, 3.8) is 0 Å². The van der Waals surface area contributed by atoms with E-state index >= 15 is 0 Å². The average molecular weight is 367 g/mol. The van der Waals surface area contributed by atoms with Crippen LogP contribution < -0.4 is 0 Å².